The third kappa shape index (κ3) is 9.62. The first-order valence-corrected chi connectivity index (χ1v) is 11.0. The van der Waals surface area contributed by atoms with Crippen molar-refractivity contribution in [1.82, 2.24) is 4.98 Å². The van der Waals surface area contributed by atoms with Gasteiger partial charge in [0.1, 0.15) is 0 Å². The van der Waals surface area contributed by atoms with Crippen molar-refractivity contribution >= 4 is 16.9 Å². The van der Waals surface area contributed by atoms with E-state index in [9.17, 15) is 9.90 Å². The first-order chi connectivity index (χ1) is 13.2. The molecule has 0 bridgehead atoms. The van der Waals surface area contributed by atoms with Gasteiger partial charge in [-0.05, 0) is 35.9 Å². The van der Waals surface area contributed by atoms with E-state index in [-0.39, 0.29) is 35.1 Å². The van der Waals surface area contributed by atoms with Crippen LogP contribution < -0.4 is 34.7 Å². The summed E-state index contributed by atoms with van der Waals surface area (Å²) >= 11 is 0. The van der Waals surface area contributed by atoms with Gasteiger partial charge in [0.25, 0.3) is 0 Å². The Balaban J connectivity index is 0.00000392. The van der Waals surface area contributed by atoms with Gasteiger partial charge in [-0.25, -0.2) is 0 Å². The van der Waals surface area contributed by atoms with E-state index >= 15 is 0 Å². The Bertz CT molecular complexity index is 680. The molecule has 0 atom stereocenters. The predicted molar refractivity (Wildman–Crippen MR) is 112 cm³/mol. The Kier molecular flexibility index (Phi) is 13.6. The Hall–Kier alpha value is -0.770. The minimum absolute atomic E-state index is 0. The molecule has 0 spiro atoms. The molecule has 3 nitrogen and oxygen atoms in total. The third-order valence-electron chi connectivity index (χ3n) is 5.46. The molecule has 2 rings (SSSR count). The van der Waals surface area contributed by atoms with Crippen molar-refractivity contribution in [3.63, 3.8) is 0 Å². The summed E-state index contributed by atoms with van der Waals surface area (Å²) < 4.78 is 0. The van der Waals surface area contributed by atoms with Gasteiger partial charge in [0.2, 0.25) is 0 Å². The number of carbonyl (C=O) groups excluding carboxylic acids is 1. The number of hydrogen-bond donors (Lipinski definition) is 1. The Morgan fingerprint density at radius 1 is 0.821 bits per heavy atom. The van der Waals surface area contributed by atoms with Crippen LogP contribution >= 0.6 is 0 Å². The average Bonchev–Trinajstić information content (AvgIpc) is 3.07. The largest absolute Gasteiger partial charge is 1.00 e. The zero-order valence-corrected chi connectivity index (χ0v) is 20.0. The molecular formula is C24H36NNaO2. The molecule has 0 unspecified atom stereocenters. The summed E-state index contributed by atoms with van der Waals surface area (Å²) in [6.07, 6.45) is 18.8. The number of fused-ring (bicyclic) bond motifs is 1. The van der Waals surface area contributed by atoms with Gasteiger partial charge in [-0.15, -0.1) is 0 Å². The molecule has 0 aliphatic heterocycles. The first kappa shape index (κ1) is 25.3. The monoisotopic (exact) mass is 393 g/mol. The van der Waals surface area contributed by atoms with Crippen LogP contribution in [0.1, 0.15) is 106 Å². The van der Waals surface area contributed by atoms with Crippen molar-refractivity contribution < 1.29 is 39.5 Å². The summed E-state index contributed by atoms with van der Waals surface area (Å²) in [4.78, 5) is 14.3. The number of benzene rings is 1. The topological polar surface area (TPSA) is 55.9 Å². The number of carbonyl (C=O) groups is 1. The zero-order valence-electron chi connectivity index (χ0n) is 18.0. The fourth-order valence-corrected chi connectivity index (χ4v) is 3.78. The van der Waals surface area contributed by atoms with Crippen molar-refractivity contribution in [2.75, 3.05) is 0 Å². The normalized spacial score (nSPS) is 10.9. The number of nitrogens with one attached hydrogen (secondary N) is 1. The fraction of sp³-hybridized carbons (Fsp3) is 0.625. The van der Waals surface area contributed by atoms with Crippen LogP contribution in [0.15, 0.2) is 24.3 Å². The number of carboxylic acids is 1. The number of aryl methyl sites for hydroxylation is 1. The minimum atomic E-state index is -1.12. The molecule has 1 N–H and O–H groups in total. The van der Waals surface area contributed by atoms with Crippen molar-refractivity contribution in [2.24, 2.45) is 0 Å². The fourth-order valence-electron chi connectivity index (χ4n) is 3.78. The van der Waals surface area contributed by atoms with E-state index in [1.54, 1.807) is 12.1 Å². The Morgan fingerprint density at radius 3 is 1.89 bits per heavy atom. The van der Waals surface area contributed by atoms with Gasteiger partial charge in [0.15, 0.2) is 0 Å². The second kappa shape index (κ2) is 15.1. The van der Waals surface area contributed by atoms with Crippen LogP contribution in [-0.2, 0) is 6.42 Å². The molecule has 0 aliphatic rings. The molecule has 1 aromatic carbocycles. The average molecular weight is 394 g/mol. The number of H-pyrrole nitrogens is 1. The second-order valence-corrected chi connectivity index (χ2v) is 7.88. The van der Waals surface area contributed by atoms with E-state index in [1.807, 2.05) is 6.07 Å². The third-order valence-corrected chi connectivity index (χ3v) is 5.46. The number of aromatic nitrogens is 1. The molecule has 1 aromatic heterocycles. The van der Waals surface area contributed by atoms with Crippen molar-refractivity contribution in [2.45, 2.75) is 96.8 Å². The van der Waals surface area contributed by atoms with Gasteiger partial charge in [-0.2, -0.15) is 0 Å². The predicted octanol–water partition coefficient (Wildman–Crippen LogP) is 3.17. The van der Waals surface area contributed by atoms with Gasteiger partial charge < -0.3 is 14.9 Å². The van der Waals surface area contributed by atoms with Crippen molar-refractivity contribution in [3.8, 4) is 0 Å². The molecule has 28 heavy (non-hydrogen) atoms. The van der Waals surface area contributed by atoms with E-state index in [0.717, 1.165) is 17.3 Å². The standard InChI is InChI=1S/C24H37NO2.Na/c1-2-3-4-5-6-7-8-9-10-11-12-13-14-15-22-18-20-16-17-21(24(26)27)19-23(20)25-22;/h16-19,25H,2-15H2,1H3,(H,26,27);/q;+1/p-1. The number of unbranched alkanes of at least 4 members (excludes halogenated alkanes) is 12. The van der Waals surface area contributed by atoms with Crippen LogP contribution in [0.25, 0.3) is 10.9 Å². The summed E-state index contributed by atoms with van der Waals surface area (Å²) in [5.41, 5.74) is 2.32. The first-order valence-electron chi connectivity index (χ1n) is 11.0. The summed E-state index contributed by atoms with van der Waals surface area (Å²) in [7, 11) is 0. The smallest absolute Gasteiger partial charge is 0.545 e. The van der Waals surface area contributed by atoms with Gasteiger partial charge in [0, 0.05) is 11.2 Å². The number of hydrogen-bond acceptors (Lipinski definition) is 2. The van der Waals surface area contributed by atoms with E-state index in [4.69, 9.17) is 0 Å². The van der Waals surface area contributed by atoms with Gasteiger partial charge in [-0.3, -0.25) is 0 Å². The quantitative estimate of drug-likeness (QED) is 0.373. The summed E-state index contributed by atoms with van der Waals surface area (Å²) in [6.45, 7) is 2.27. The van der Waals surface area contributed by atoms with Crippen LogP contribution in [0.4, 0.5) is 0 Å². The van der Waals surface area contributed by atoms with Crippen LogP contribution in [0.5, 0.6) is 0 Å². The summed E-state index contributed by atoms with van der Waals surface area (Å²) in [6, 6.07) is 7.26. The number of rotatable bonds is 15. The van der Waals surface area contributed by atoms with E-state index < -0.39 is 5.97 Å². The zero-order chi connectivity index (χ0) is 19.3. The van der Waals surface area contributed by atoms with Crippen LogP contribution in [0.2, 0.25) is 0 Å². The molecular weight excluding hydrogens is 357 g/mol. The Morgan fingerprint density at radius 2 is 1.36 bits per heavy atom. The summed E-state index contributed by atoms with van der Waals surface area (Å²) in [5.74, 6) is -1.12. The molecule has 0 amide bonds. The molecule has 1 heterocycles. The maximum Gasteiger partial charge on any atom is 1.00 e. The van der Waals surface area contributed by atoms with Crippen LogP contribution in [-0.4, -0.2) is 11.0 Å². The van der Waals surface area contributed by atoms with Crippen LogP contribution in [0, 0.1) is 0 Å². The summed E-state index contributed by atoms with van der Waals surface area (Å²) in [5, 5.41) is 12.0. The van der Waals surface area contributed by atoms with Crippen LogP contribution in [0.3, 0.4) is 0 Å². The number of carboxylic acid groups (broad SMARTS) is 1. The SMILES string of the molecule is CCCCCCCCCCCCCCCc1cc2ccc(C(=O)[O-])cc2[nH]1.[Na+]. The second-order valence-electron chi connectivity index (χ2n) is 7.88. The molecule has 4 heteroatoms. The molecule has 0 fully saturated rings. The minimum Gasteiger partial charge on any atom is -0.545 e. The van der Waals surface area contributed by atoms with Crippen molar-refractivity contribution in [1.29, 1.82) is 0 Å². The van der Waals surface area contributed by atoms with Gasteiger partial charge >= 0.3 is 29.6 Å². The molecule has 0 saturated carbocycles. The number of aromatic amines is 1. The van der Waals surface area contributed by atoms with E-state index in [2.05, 4.69) is 18.0 Å². The number of aromatic carboxylic acids is 1. The molecule has 0 radical (unpaired) electrons. The van der Waals surface area contributed by atoms with Gasteiger partial charge in [0.05, 0.1) is 5.97 Å². The maximum absolute atomic E-state index is 10.9. The maximum atomic E-state index is 10.9. The van der Waals surface area contributed by atoms with Crippen molar-refractivity contribution in [3.05, 3.63) is 35.5 Å². The molecule has 150 valence electrons. The molecule has 0 saturated heterocycles. The Labute approximate surface area is 193 Å². The van der Waals surface area contributed by atoms with E-state index in [0.29, 0.717) is 0 Å². The molecule has 0 aliphatic carbocycles. The molecule has 2 aromatic rings. The van der Waals surface area contributed by atoms with Gasteiger partial charge in [-0.1, -0.05) is 96.1 Å². The van der Waals surface area contributed by atoms with E-state index in [1.165, 1.54) is 89.2 Å².